The normalized spacial score (nSPS) is 19.4. The lowest BCUT2D eigenvalue weighted by molar-refractivity contribution is -0.117. The molecule has 1 aliphatic rings. The van der Waals surface area contributed by atoms with E-state index in [1.807, 2.05) is 4.90 Å². The summed E-state index contributed by atoms with van der Waals surface area (Å²) in [5.74, 6) is -0.0801. The molecule has 1 aromatic heterocycles. The van der Waals surface area contributed by atoms with Gasteiger partial charge in [-0.15, -0.1) is 10.2 Å². The summed E-state index contributed by atoms with van der Waals surface area (Å²) in [5, 5.41) is 21.6. The second-order valence-electron chi connectivity index (χ2n) is 5.10. The molecule has 1 aliphatic heterocycles. The third-order valence-corrected chi connectivity index (χ3v) is 4.41. The lowest BCUT2D eigenvalue weighted by Crippen LogP contribution is -2.38. The molecule has 0 aromatic carbocycles. The molecule has 1 saturated heterocycles. The smallest absolute Gasteiger partial charge is 0.240 e. The fraction of sp³-hybridized carbons (Fsp3) is 0.769. The molecule has 0 unspecified atom stereocenters. The number of aliphatic hydroxyl groups excluding tert-OH is 1. The van der Waals surface area contributed by atoms with Crippen LogP contribution >= 0.6 is 11.3 Å². The van der Waals surface area contributed by atoms with E-state index in [-0.39, 0.29) is 18.6 Å². The summed E-state index contributed by atoms with van der Waals surface area (Å²) in [7, 11) is 0. The van der Waals surface area contributed by atoms with E-state index in [1.54, 1.807) is 0 Å². The van der Waals surface area contributed by atoms with Crippen LogP contribution in [-0.4, -0.2) is 51.8 Å². The van der Waals surface area contributed by atoms with Crippen molar-refractivity contribution in [1.29, 1.82) is 0 Å². The number of anilines is 1. The first-order valence-electron chi connectivity index (χ1n) is 7.20. The maximum Gasteiger partial charge on any atom is 0.240 e. The van der Waals surface area contributed by atoms with E-state index in [1.165, 1.54) is 11.3 Å². The van der Waals surface area contributed by atoms with Gasteiger partial charge in [0.05, 0.1) is 13.2 Å². The molecule has 1 amide bonds. The molecule has 1 atom stereocenters. The summed E-state index contributed by atoms with van der Waals surface area (Å²) in [6.07, 6.45) is 5.14. The first-order chi connectivity index (χ1) is 9.72. The van der Waals surface area contributed by atoms with Gasteiger partial charge in [-0.2, -0.15) is 0 Å². The Morgan fingerprint density at radius 2 is 2.40 bits per heavy atom. The molecule has 0 spiro atoms. The molecule has 6 nitrogen and oxygen atoms in total. The molecule has 2 heterocycles. The number of hydrogen-bond acceptors (Lipinski definition) is 6. The Hall–Kier alpha value is -1.05. The molecule has 20 heavy (non-hydrogen) atoms. The maximum atomic E-state index is 12.0. The molecular formula is C13H22N4O2S. The number of nitrogens with one attached hydrogen (secondary N) is 1. The third kappa shape index (κ3) is 4.22. The van der Waals surface area contributed by atoms with Crippen molar-refractivity contribution >= 4 is 22.4 Å². The van der Waals surface area contributed by atoms with Crippen LogP contribution in [0, 0.1) is 0 Å². The SMILES string of the molecule is CCCCc1nnc(NC(=O)CN2CCC[C@@H]2CO)s1. The molecule has 112 valence electrons. The minimum Gasteiger partial charge on any atom is -0.395 e. The molecule has 0 radical (unpaired) electrons. The highest BCUT2D eigenvalue weighted by Crippen LogP contribution is 2.19. The van der Waals surface area contributed by atoms with Gasteiger partial charge in [-0.3, -0.25) is 15.0 Å². The van der Waals surface area contributed by atoms with Crippen molar-refractivity contribution in [3.05, 3.63) is 5.01 Å². The van der Waals surface area contributed by atoms with E-state index in [4.69, 9.17) is 0 Å². The number of nitrogens with zero attached hydrogens (tertiary/aromatic N) is 3. The summed E-state index contributed by atoms with van der Waals surface area (Å²) in [6.45, 7) is 3.44. The van der Waals surface area contributed by atoms with Crippen molar-refractivity contribution in [3.8, 4) is 0 Å². The molecule has 7 heteroatoms. The van der Waals surface area contributed by atoms with Crippen LogP contribution in [0.3, 0.4) is 0 Å². The number of rotatable bonds is 7. The molecule has 2 N–H and O–H groups in total. The van der Waals surface area contributed by atoms with E-state index in [2.05, 4.69) is 22.4 Å². The van der Waals surface area contributed by atoms with Crippen LogP contribution in [0.25, 0.3) is 0 Å². The summed E-state index contributed by atoms with van der Waals surface area (Å²) in [5.41, 5.74) is 0. The number of amides is 1. The third-order valence-electron chi connectivity index (χ3n) is 3.51. The predicted octanol–water partition coefficient (Wildman–Crippen LogP) is 1.28. The lowest BCUT2D eigenvalue weighted by atomic mass is 10.2. The zero-order valence-corrected chi connectivity index (χ0v) is 12.7. The summed E-state index contributed by atoms with van der Waals surface area (Å²) in [6, 6.07) is 0.121. The summed E-state index contributed by atoms with van der Waals surface area (Å²) in [4.78, 5) is 14.0. The highest BCUT2D eigenvalue weighted by molar-refractivity contribution is 7.15. The van der Waals surface area contributed by atoms with E-state index in [0.29, 0.717) is 11.7 Å². The average molecular weight is 298 g/mol. The van der Waals surface area contributed by atoms with Crippen molar-refractivity contribution < 1.29 is 9.90 Å². The molecule has 0 aliphatic carbocycles. The fourth-order valence-corrected chi connectivity index (χ4v) is 3.18. The van der Waals surface area contributed by atoms with Gasteiger partial charge in [-0.1, -0.05) is 24.7 Å². The molecule has 0 bridgehead atoms. The number of carbonyl (C=O) groups excluding carboxylic acids is 1. The van der Waals surface area contributed by atoms with Crippen LogP contribution in [0.1, 0.15) is 37.6 Å². The van der Waals surface area contributed by atoms with E-state index < -0.39 is 0 Å². The molecule has 1 fully saturated rings. The van der Waals surface area contributed by atoms with E-state index in [9.17, 15) is 9.90 Å². The van der Waals surface area contributed by atoms with Gasteiger partial charge < -0.3 is 5.11 Å². The van der Waals surface area contributed by atoms with Gasteiger partial charge in [-0.25, -0.2) is 0 Å². The van der Waals surface area contributed by atoms with Crippen molar-refractivity contribution in [2.24, 2.45) is 0 Å². The topological polar surface area (TPSA) is 78.4 Å². The largest absolute Gasteiger partial charge is 0.395 e. The molecule has 1 aromatic rings. The van der Waals surface area contributed by atoms with Crippen molar-refractivity contribution in [3.63, 3.8) is 0 Å². The van der Waals surface area contributed by atoms with Gasteiger partial charge in [0.1, 0.15) is 5.01 Å². The summed E-state index contributed by atoms with van der Waals surface area (Å²) >= 11 is 1.44. The Morgan fingerprint density at radius 3 is 3.15 bits per heavy atom. The number of hydrogen-bond donors (Lipinski definition) is 2. The highest BCUT2D eigenvalue weighted by atomic mass is 32.1. The highest BCUT2D eigenvalue weighted by Gasteiger charge is 2.25. The van der Waals surface area contributed by atoms with Crippen LogP contribution in [0.15, 0.2) is 0 Å². The number of carbonyl (C=O) groups is 1. The second kappa shape index (κ2) is 7.66. The molecule has 0 saturated carbocycles. The van der Waals surface area contributed by atoms with Crippen LogP contribution in [-0.2, 0) is 11.2 Å². The van der Waals surface area contributed by atoms with Crippen molar-refractivity contribution in [2.45, 2.75) is 45.1 Å². The van der Waals surface area contributed by atoms with Crippen molar-refractivity contribution in [1.82, 2.24) is 15.1 Å². The number of aromatic nitrogens is 2. The van der Waals surface area contributed by atoms with Crippen LogP contribution < -0.4 is 5.32 Å². The molecule has 2 rings (SSSR count). The van der Waals surface area contributed by atoms with Crippen LogP contribution in [0.5, 0.6) is 0 Å². The second-order valence-corrected chi connectivity index (χ2v) is 6.16. The predicted molar refractivity (Wildman–Crippen MR) is 78.8 cm³/mol. The first-order valence-corrected chi connectivity index (χ1v) is 8.01. The molecular weight excluding hydrogens is 276 g/mol. The van der Waals surface area contributed by atoms with Gasteiger partial charge in [0.15, 0.2) is 0 Å². The first kappa shape index (κ1) is 15.3. The zero-order valence-electron chi connectivity index (χ0n) is 11.8. The van der Waals surface area contributed by atoms with Crippen LogP contribution in [0.4, 0.5) is 5.13 Å². The minimum absolute atomic E-state index is 0.0801. The Kier molecular flexibility index (Phi) is 5.87. The quantitative estimate of drug-likeness (QED) is 0.793. The Labute approximate surface area is 123 Å². The number of likely N-dealkylation sites (tertiary alicyclic amines) is 1. The van der Waals surface area contributed by atoms with Crippen molar-refractivity contribution in [2.75, 3.05) is 25.0 Å². The van der Waals surface area contributed by atoms with Crippen LogP contribution in [0.2, 0.25) is 0 Å². The average Bonchev–Trinajstić information content (AvgIpc) is 3.05. The fourth-order valence-electron chi connectivity index (χ4n) is 2.39. The van der Waals surface area contributed by atoms with Gasteiger partial charge >= 0.3 is 0 Å². The monoisotopic (exact) mass is 298 g/mol. The maximum absolute atomic E-state index is 12.0. The minimum atomic E-state index is -0.0801. The van der Waals surface area contributed by atoms with Gasteiger partial charge in [0.2, 0.25) is 11.0 Å². The number of aliphatic hydroxyl groups is 1. The van der Waals surface area contributed by atoms with E-state index >= 15 is 0 Å². The van der Waals surface area contributed by atoms with Gasteiger partial charge in [0, 0.05) is 12.5 Å². The van der Waals surface area contributed by atoms with Gasteiger partial charge in [-0.05, 0) is 25.8 Å². The number of unbranched alkanes of at least 4 members (excludes halogenated alkanes) is 1. The summed E-state index contributed by atoms with van der Waals surface area (Å²) < 4.78 is 0. The Balaban J connectivity index is 1.80. The zero-order chi connectivity index (χ0) is 14.4. The Morgan fingerprint density at radius 1 is 1.55 bits per heavy atom. The van der Waals surface area contributed by atoms with E-state index in [0.717, 1.165) is 43.7 Å². The number of aryl methyl sites for hydroxylation is 1. The standard InChI is InChI=1S/C13H22N4O2S/c1-2-3-6-12-15-16-13(20-12)14-11(19)8-17-7-4-5-10(17)9-18/h10,18H,2-9H2,1H3,(H,14,16,19)/t10-/m1/s1. The Bertz CT molecular complexity index is 438. The van der Waals surface area contributed by atoms with Gasteiger partial charge in [0.25, 0.3) is 0 Å². The lowest BCUT2D eigenvalue weighted by Gasteiger charge is -2.21.